The average Bonchev–Trinajstić information content (AvgIpc) is 2.95. The molecule has 1 aliphatic rings. The number of aliphatic carboxylic acids is 1. The van der Waals surface area contributed by atoms with Gasteiger partial charge < -0.3 is 15.0 Å². The van der Waals surface area contributed by atoms with Gasteiger partial charge in [-0.3, -0.25) is 4.79 Å². The molecule has 0 saturated heterocycles. The van der Waals surface area contributed by atoms with Crippen LogP contribution in [-0.4, -0.2) is 15.6 Å². The van der Waals surface area contributed by atoms with Crippen molar-refractivity contribution in [1.82, 2.24) is 9.88 Å². The molecule has 0 saturated carbocycles. The molecule has 4 heteroatoms. The number of hydrogen-bond donors (Lipinski definition) is 2. The molecule has 20 heavy (non-hydrogen) atoms. The monoisotopic (exact) mass is 272 g/mol. The summed E-state index contributed by atoms with van der Waals surface area (Å²) >= 11 is 0. The van der Waals surface area contributed by atoms with Crippen molar-refractivity contribution in [2.75, 3.05) is 0 Å². The fraction of sp³-hybridized carbons (Fsp3) is 0.438. The van der Waals surface area contributed by atoms with Crippen LogP contribution in [0.25, 0.3) is 10.9 Å². The first-order chi connectivity index (χ1) is 9.61. The van der Waals surface area contributed by atoms with Crippen LogP contribution in [0, 0.1) is 6.92 Å². The Balaban J connectivity index is 2.17. The molecule has 1 aliphatic heterocycles. The number of hydrogen-bond acceptors (Lipinski definition) is 2. The fourth-order valence-electron chi connectivity index (χ4n) is 3.30. The topological polar surface area (TPSA) is 54.3 Å². The molecule has 106 valence electrons. The minimum Gasteiger partial charge on any atom is -0.481 e. The number of carboxylic acid groups (broad SMARTS) is 1. The number of nitrogens with one attached hydrogen (secondary N) is 1. The molecule has 2 N–H and O–H groups in total. The van der Waals surface area contributed by atoms with E-state index in [1.54, 1.807) is 0 Å². The van der Waals surface area contributed by atoms with E-state index in [4.69, 9.17) is 5.11 Å². The third-order valence-electron chi connectivity index (χ3n) is 4.31. The summed E-state index contributed by atoms with van der Waals surface area (Å²) in [6.45, 7) is 7.01. The van der Waals surface area contributed by atoms with Crippen LogP contribution in [0.3, 0.4) is 0 Å². The SMILES string of the molecule is CCn1c(C)c(CCC(=O)O)c2cc3c(cc21)CNC3. The summed E-state index contributed by atoms with van der Waals surface area (Å²) in [6.07, 6.45) is 0.801. The Kier molecular flexibility index (Phi) is 3.26. The van der Waals surface area contributed by atoms with Gasteiger partial charge in [-0.15, -0.1) is 0 Å². The molecular weight excluding hydrogens is 252 g/mol. The van der Waals surface area contributed by atoms with E-state index in [-0.39, 0.29) is 6.42 Å². The molecule has 4 nitrogen and oxygen atoms in total. The van der Waals surface area contributed by atoms with E-state index in [0.717, 1.165) is 19.6 Å². The number of carbonyl (C=O) groups is 1. The molecule has 0 spiro atoms. The lowest BCUT2D eigenvalue weighted by molar-refractivity contribution is -0.136. The molecule has 1 aromatic heterocycles. The Bertz CT molecular complexity index is 686. The van der Waals surface area contributed by atoms with Gasteiger partial charge in [0.15, 0.2) is 0 Å². The third-order valence-corrected chi connectivity index (χ3v) is 4.31. The van der Waals surface area contributed by atoms with Crippen molar-refractivity contribution < 1.29 is 9.90 Å². The Morgan fingerprint density at radius 3 is 2.70 bits per heavy atom. The molecule has 0 radical (unpaired) electrons. The molecular formula is C16H20N2O2. The summed E-state index contributed by atoms with van der Waals surface area (Å²) < 4.78 is 2.30. The maximum Gasteiger partial charge on any atom is 0.303 e. The second kappa shape index (κ2) is 4.94. The van der Waals surface area contributed by atoms with Crippen molar-refractivity contribution in [3.8, 4) is 0 Å². The highest BCUT2D eigenvalue weighted by atomic mass is 16.4. The number of benzene rings is 1. The van der Waals surface area contributed by atoms with Crippen molar-refractivity contribution in [2.24, 2.45) is 0 Å². The lowest BCUT2D eigenvalue weighted by atomic mass is 10.0. The Morgan fingerprint density at radius 1 is 1.35 bits per heavy atom. The second-order valence-electron chi connectivity index (χ2n) is 5.44. The number of rotatable bonds is 4. The Morgan fingerprint density at radius 2 is 2.05 bits per heavy atom. The highest BCUT2D eigenvalue weighted by Crippen LogP contribution is 2.31. The molecule has 0 unspecified atom stereocenters. The molecule has 0 amide bonds. The van der Waals surface area contributed by atoms with Crippen LogP contribution in [0.1, 0.15) is 35.7 Å². The maximum atomic E-state index is 10.9. The first-order valence-corrected chi connectivity index (χ1v) is 7.17. The van der Waals surface area contributed by atoms with Crippen LogP contribution in [0.5, 0.6) is 0 Å². The van der Waals surface area contributed by atoms with Gasteiger partial charge in [-0.25, -0.2) is 0 Å². The first kappa shape index (κ1) is 13.2. The number of aromatic nitrogens is 1. The summed E-state index contributed by atoms with van der Waals surface area (Å²) in [5.41, 5.74) is 6.36. The van der Waals surface area contributed by atoms with E-state index in [9.17, 15) is 4.79 Å². The highest BCUT2D eigenvalue weighted by molar-refractivity contribution is 5.87. The summed E-state index contributed by atoms with van der Waals surface area (Å²) in [4.78, 5) is 10.9. The zero-order valence-corrected chi connectivity index (χ0v) is 12.0. The normalized spacial score (nSPS) is 13.9. The van der Waals surface area contributed by atoms with Gasteiger partial charge in [-0.2, -0.15) is 0 Å². The molecule has 0 bridgehead atoms. The molecule has 3 rings (SSSR count). The second-order valence-corrected chi connectivity index (χ2v) is 5.44. The fourth-order valence-corrected chi connectivity index (χ4v) is 3.30. The molecule has 2 aromatic rings. The van der Waals surface area contributed by atoms with Crippen LogP contribution in [0.4, 0.5) is 0 Å². The largest absolute Gasteiger partial charge is 0.481 e. The van der Waals surface area contributed by atoms with Crippen LogP contribution >= 0.6 is 0 Å². The van der Waals surface area contributed by atoms with Crippen molar-refractivity contribution >= 4 is 16.9 Å². The van der Waals surface area contributed by atoms with Gasteiger partial charge in [-0.1, -0.05) is 0 Å². The summed E-state index contributed by atoms with van der Waals surface area (Å²) in [7, 11) is 0. The quantitative estimate of drug-likeness (QED) is 0.899. The highest BCUT2D eigenvalue weighted by Gasteiger charge is 2.18. The van der Waals surface area contributed by atoms with E-state index >= 15 is 0 Å². The van der Waals surface area contributed by atoms with Gasteiger partial charge in [0.1, 0.15) is 0 Å². The Labute approximate surface area is 118 Å². The zero-order valence-electron chi connectivity index (χ0n) is 12.0. The standard InChI is InChI=1S/C16H20N2O2/c1-3-18-10(2)13(4-5-16(19)20)14-6-11-8-17-9-12(11)7-15(14)18/h6-7,17H,3-5,8-9H2,1-2H3,(H,19,20). The van der Waals surface area contributed by atoms with Gasteiger partial charge in [0.25, 0.3) is 0 Å². The van der Waals surface area contributed by atoms with Gasteiger partial charge >= 0.3 is 5.97 Å². The van der Waals surface area contributed by atoms with E-state index < -0.39 is 5.97 Å². The van der Waals surface area contributed by atoms with Crippen molar-refractivity contribution in [3.63, 3.8) is 0 Å². The van der Waals surface area contributed by atoms with Crippen LogP contribution in [0.2, 0.25) is 0 Å². The van der Waals surface area contributed by atoms with Gasteiger partial charge in [-0.05, 0) is 49.1 Å². The summed E-state index contributed by atoms with van der Waals surface area (Å²) in [5, 5.41) is 13.5. The van der Waals surface area contributed by atoms with E-state index in [2.05, 4.69) is 35.9 Å². The van der Waals surface area contributed by atoms with Crippen LogP contribution in [0.15, 0.2) is 12.1 Å². The molecule has 0 aliphatic carbocycles. The molecule has 2 heterocycles. The predicted molar refractivity (Wildman–Crippen MR) is 78.8 cm³/mol. The van der Waals surface area contributed by atoms with Crippen LogP contribution in [-0.2, 0) is 30.8 Å². The maximum absolute atomic E-state index is 10.9. The van der Waals surface area contributed by atoms with Crippen molar-refractivity contribution in [2.45, 2.75) is 46.3 Å². The van der Waals surface area contributed by atoms with E-state index in [1.807, 2.05) is 0 Å². The number of carboxylic acids is 1. The number of nitrogens with zero attached hydrogens (tertiary/aromatic N) is 1. The smallest absolute Gasteiger partial charge is 0.303 e. The molecule has 1 aromatic carbocycles. The van der Waals surface area contributed by atoms with Gasteiger partial charge in [0.2, 0.25) is 0 Å². The van der Waals surface area contributed by atoms with Crippen molar-refractivity contribution in [3.05, 3.63) is 34.5 Å². The molecule has 0 atom stereocenters. The number of fused-ring (bicyclic) bond motifs is 2. The minimum absolute atomic E-state index is 0.193. The Hall–Kier alpha value is -1.81. The zero-order chi connectivity index (χ0) is 14.3. The third kappa shape index (κ3) is 2.00. The van der Waals surface area contributed by atoms with E-state index in [0.29, 0.717) is 6.42 Å². The van der Waals surface area contributed by atoms with Crippen LogP contribution < -0.4 is 5.32 Å². The van der Waals surface area contributed by atoms with Gasteiger partial charge in [0, 0.05) is 42.7 Å². The minimum atomic E-state index is -0.732. The first-order valence-electron chi connectivity index (χ1n) is 7.17. The van der Waals surface area contributed by atoms with Crippen molar-refractivity contribution in [1.29, 1.82) is 0 Å². The average molecular weight is 272 g/mol. The summed E-state index contributed by atoms with van der Waals surface area (Å²) in [5.74, 6) is -0.732. The summed E-state index contributed by atoms with van der Waals surface area (Å²) in [6, 6.07) is 4.52. The van der Waals surface area contributed by atoms with Gasteiger partial charge in [0.05, 0.1) is 0 Å². The predicted octanol–water partition coefficient (Wildman–Crippen LogP) is 2.59. The number of aryl methyl sites for hydroxylation is 2. The van der Waals surface area contributed by atoms with E-state index in [1.165, 1.54) is 33.3 Å². The lowest BCUT2D eigenvalue weighted by Crippen LogP contribution is -2.01. The molecule has 0 fully saturated rings. The lowest BCUT2D eigenvalue weighted by Gasteiger charge is -2.05.